The van der Waals surface area contributed by atoms with E-state index in [1.54, 1.807) is 0 Å². The van der Waals surface area contributed by atoms with Gasteiger partial charge in [0, 0.05) is 6.07 Å². The molecule has 0 aromatic heterocycles. The molecular formula is C14H15NO4. The van der Waals surface area contributed by atoms with Gasteiger partial charge in [-0.15, -0.1) is 0 Å². The summed E-state index contributed by atoms with van der Waals surface area (Å²) < 4.78 is 16.0. The Morgan fingerprint density at radius 1 is 1.26 bits per heavy atom. The molecule has 3 aliphatic rings. The number of amides is 1. The van der Waals surface area contributed by atoms with E-state index < -0.39 is 0 Å². The maximum atomic E-state index is 12.0. The Balaban J connectivity index is 1.53. The number of rotatable bonds is 5. The molecule has 4 rings (SSSR count). The maximum absolute atomic E-state index is 12.0. The predicted molar refractivity (Wildman–Crippen MR) is 67.5 cm³/mol. The third-order valence-corrected chi connectivity index (χ3v) is 3.62. The highest BCUT2D eigenvalue weighted by Gasteiger charge is 2.34. The van der Waals surface area contributed by atoms with E-state index in [2.05, 4.69) is 0 Å². The Hall–Kier alpha value is -1.59. The van der Waals surface area contributed by atoms with Crippen LogP contribution in [-0.2, 0) is 20.7 Å². The van der Waals surface area contributed by atoms with Crippen LogP contribution in [0.5, 0.6) is 5.75 Å². The van der Waals surface area contributed by atoms with Crippen LogP contribution >= 0.6 is 0 Å². The minimum absolute atomic E-state index is 0.146. The minimum Gasteiger partial charge on any atom is -0.491 e. The lowest BCUT2D eigenvalue weighted by Gasteiger charge is -2.16. The van der Waals surface area contributed by atoms with E-state index in [9.17, 15) is 4.79 Å². The normalized spacial score (nSPS) is 27.4. The molecule has 0 aliphatic carbocycles. The molecule has 0 bridgehead atoms. The third-order valence-electron chi connectivity index (χ3n) is 3.62. The van der Waals surface area contributed by atoms with E-state index in [4.69, 9.17) is 14.2 Å². The van der Waals surface area contributed by atoms with Gasteiger partial charge >= 0.3 is 0 Å². The molecule has 0 N–H and O–H groups in total. The van der Waals surface area contributed by atoms with Gasteiger partial charge in [0.15, 0.2) is 0 Å². The zero-order valence-electron chi connectivity index (χ0n) is 10.5. The van der Waals surface area contributed by atoms with Gasteiger partial charge in [-0.2, -0.15) is 0 Å². The fourth-order valence-electron chi connectivity index (χ4n) is 2.36. The van der Waals surface area contributed by atoms with Crippen LogP contribution in [0, 0.1) is 0 Å². The van der Waals surface area contributed by atoms with E-state index in [1.807, 2.05) is 23.1 Å². The molecule has 2 unspecified atom stereocenters. The van der Waals surface area contributed by atoms with E-state index in [0.717, 1.165) is 30.2 Å². The average molecular weight is 261 g/mol. The van der Waals surface area contributed by atoms with Crippen molar-refractivity contribution in [3.63, 3.8) is 0 Å². The topological polar surface area (TPSA) is 54.6 Å². The fraction of sp³-hybridized carbons (Fsp3) is 0.500. The smallest absolute Gasteiger partial charge is 0.231 e. The monoisotopic (exact) mass is 261 g/mol. The van der Waals surface area contributed by atoms with Gasteiger partial charge in [-0.1, -0.05) is 6.07 Å². The Labute approximate surface area is 111 Å². The second-order valence-electron chi connectivity index (χ2n) is 5.19. The van der Waals surface area contributed by atoms with Crippen LogP contribution in [0.3, 0.4) is 0 Å². The zero-order chi connectivity index (χ0) is 12.8. The number of ether oxygens (including phenoxy) is 3. The lowest BCUT2D eigenvalue weighted by Crippen LogP contribution is -2.30. The summed E-state index contributed by atoms with van der Waals surface area (Å²) in [6, 6.07) is 5.85. The van der Waals surface area contributed by atoms with Crippen molar-refractivity contribution in [2.24, 2.45) is 0 Å². The number of hydrogen-bond acceptors (Lipinski definition) is 4. The number of carbonyl (C=O) groups is 1. The van der Waals surface area contributed by atoms with Gasteiger partial charge in [0.05, 0.1) is 38.0 Å². The second kappa shape index (κ2) is 4.21. The molecule has 100 valence electrons. The summed E-state index contributed by atoms with van der Waals surface area (Å²) in [5.41, 5.74) is 2.04. The average Bonchev–Trinajstić information content (AvgIpc) is 3.29. The standard InChI is InChI=1S/C14H15NO4/c16-14-3-9-1-2-10(17-7-12-8-19-12)4-13(9)15(14)5-11-6-18-11/h1-2,4,11-12H,3,5-8H2. The van der Waals surface area contributed by atoms with E-state index in [-0.39, 0.29) is 18.1 Å². The highest BCUT2D eigenvalue weighted by atomic mass is 16.6. The summed E-state index contributed by atoms with van der Waals surface area (Å²) in [4.78, 5) is 13.8. The number of anilines is 1. The van der Waals surface area contributed by atoms with Crippen molar-refractivity contribution in [1.29, 1.82) is 0 Å². The summed E-state index contributed by atoms with van der Waals surface area (Å²) in [7, 11) is 0. The molecule has 2 fully saturated rings. The first-order chi connectivity index (χ1) is 9.29. The highest BCUT2D eigenvalue weighted by molar-refractivity contribution is 6.01. The predicted octanol–water partition coefficient (Wildman–Crippen LogP) is 0.752. The number of fused-ring (bicyclic) bond motifs is 1. The van der Waals surface area contributed by atoms with Gasteiger partial charge in [-0.3, -0.25) is 4.79 Å². The van der Waals surface area contributed by atoms with Crippen molar-refractivity contribution in [2.75, 3.05) is 31.3 Å². The van der Waals surface area contributed by atoms with Crippen LogP contribution in [0.2, 0.25) is 0 Å². The first kappa shape index (κ1) is 11.3. The zero-order valence-corrected chi connectivity index (χ0v) is 10.5. The molecule has 0 spiro atoms. The van der Waals surface area contributed by atoms with Crippen LogP contribution in [0.15, 0.2) is 18.2 Å². The molecule has 3 heterocycles. The first-order valence-electron chi connectivity index (χ1n) is 6.59. The molecular weight excluding hydrogens is 246 g/mol. The quantitative estimate of drug-likeness (QED) is 0.734. The number of epoxide rings is 2. The van der Waals surface area contributed by atoms with Crippen molar-refractivity contribution in [2.45, 2.75) is 18.6 Å². The van der Waals surface area contributed by atoms with Crippen LogP contribution in [0.1, 0.15) is 5.56 Å². The Morgan fingerprint density at radius 3 is 2.79 bits per heavy atom. The second-order valence-corrected chi connectivity index (χ2v) is 5.19. The van der Waals surface area contributed by atoms with Crippen molar-refractivity contribution >= 4 is 11.6 Å². The molecule has 0 saturated carbocycles. The van der Waals surface area contributed by atoms with Crippen LogP contribution in [0.25, 0.3) is 0 Å². The van der Waals surface area contributed by atoms with Crippen LogP contribution < -0.4 is 9.64 Å². The van der Waals surface area contributed by atoms with Crippen molar-refractivity contribution < 1.29 is 19.0 Å². The lowest BCUT2D eigenvalue weighted by atomic mass is 10.1. The molecule has 3 aliphatic heterocycles. The molecule has 0 radical (unpaired) electrons. The summed E-state index contributed by atoms with van der Waals surface area (Å²) in [5.74, 6) is 0.943. The Bertz CT molecular complexity index is 522. The number of carbonyl (C=O) groups excluding carboxylic acids is 1. The summed E-state index contributed by atoms with van der Waals surface area (Å²) in [5, 5.41) is 0. The highest BCUT2D eigenvalue weighted by Crippen LogP contribution is 2.33. The fourth-order valence-corrected chi connectivity index (χ4v) is 2.36. The van der Waals surface area contributed by atoms with Crippen LogP contribution in [0.4, 0.5) is 5.69 Å². The molecule has 1 aromatic carbocycles. The van der Waals surface area contributed by atoms with Crippen LogP contribution in [-0.4, -0.2) is 44.5 Å². The molecule has 5 nitrogen and oxygen atoms in total. The van der Waals surface area contributed by atoms with Crippen molar-refractivity contribution in [3.05, 3.63) is 23.8 Å². The van der Waals surface area contributed by atoms with Gasteiger partial charge in [-0.05, 0) is 11.6 Å². The molecule has 1 amide bonds. The van der Waals surface area contributed by atoms with Gasteiger partial charge in [0.1, 0.15) is 18.5 Å². The van der Waals surface area contributed by atoms with Gasteiger partial charge in [0.25, 0.3) is 0 Å². The van der Waals surface area contributed by atoms with Gasteiger partial charge in [-0.25, -0.2) is 0 Å². The minimum atomic E-state index is 0.146. The summed E-state index contributed by atoms with van der Waals surface area (Å²) >= 11 is 0. The third kappa shape index (κ3) is 2.31. The maximum Gasteiger partial charge on any atom is 0.231 e. The number of hydrogen-bond donors (Lipinski definition) is 0. The Morgan fingerprint density at radius 2 is 2.05 bits per heavy atom. The van der Waals surface area contributed by atoms with Crippen molar-refractivity contribution in [3.8, 4) is 5.75 Å². The Kier molecular flexibility index (Phi) is 2.50. The van der Waals surface area contributed by atoms with E-state index in [1.165, 1.54) is 0 Å². The van der Waals surface area contributed by atoms with Gasteiger partial charge in [0.2, 0.25) is 5.91 Å². The number of nitrogens with zero attached hydrogens (tertiary/aromatic N) is 1. The molecule has 5 heteroatoms. The number of benzene rings is 1. The summed E-state index contributed by atoms with van der Waals surface area (Å²) in [6.45, 7) is 2.78. The largest absolute Gasteiger partial charge is 0.491 e. The molecule has 2 atom stereocenters. The summed E-state index contributed by atoms with van der Waals surface area (Å²) in [6.07, 6.45) is 0.929. The van der Waals surface area contributed by atoms with Crippen molar-refractivity contribution in [1.82, 2.24) is 0 Å². The molecule has 2 saturated heterocycles. The van der Waals surface area contributed by atoms with Gasteiger partial charge < -0.3 is 19.1 Å². The SMILES string of the molecule is O=C1Cc2ccc(OCC3CO3)cc2N1CC1CO1. The van der Waals surface area contributed by atoms with E-state index in [0.29, 0.717) is 19.6 Å². The van der Waals surface area contributed by atoms with E-state index >= 15 is 0 Å². The molecule has 19 heavy (non-hydrogen) atoms. The first-order valence-corrected chi connectivity index (χ1v) is 6.59. The molecule has 1 aromatic rings. The lowest BCUT2D eigenvalue weighted by molar-refractivity contribution is -0.117.